The molecule has 180 valence electrons. The lowest BCUT2D eigenvalue weighted by molar-refractivity contribution is 0.122. The Hall–Kier alpha value is -3.76. The van der Waals surface area contributed by atoms with Crippen LogP contribution in [0.25, 0.3) is 22.4 Å². The van der Waals surface area contributed by atoms with Crippen LogP contribution >= 0.6 is 0 Å². The van der Waals surface area contributed by atoms with E-state index in [0.29, 0.717) is 17.6 Å². The van der Waals surface area contributed by atoms with Gasteiger partial charge in [-0.1, -0.05) is 0 Å². The zero-order valence-corrected chi connectivity index (χ0v) is 19.5. The molecule has 0 atom stereocenters. The number of aromatic amines is 1. The molecule has 35 heavy (non-hydrogen) atoms. The minimum absolute atomic E-state index is 0.293. The third-order valence-corrected chi connectivity index (χ3v) is 6.67. The van der Waals surface area contributed by atoms with Crippen molar-refractivity contribution in [3.63, 3.8) is 0 Å². The molecule has 0 unspecified atom stereocenters. The number of fused-ring (bicyclic) bond motifs is 1. The lowest BCUT2D eigenvalue weighted by Crippen LogP contribution is -2.40. The first-order valence-corrected chi connectivity index (χ1v) is 12.1. The van der Waals surface area contributed by atoms with Crippen LogP contribution in [-0.2, 0) is 4.74 Å². The zero-order chi connectivity index (χ0) is 23.6. The SMILES string of the molecule is NC1CCN(c2ccc(-c3nc(Nc4ccc(N5CCOCC5)cc4)nc4nc[nH]c34)cn2)CC1. The third-order valence-electron chi connectivity index (χ3n) is 6.67. The summed E-state index contributed by atoms with van der Waals surface area (Å²) < 4.78 is 5.45. The fourth-order valence-electron chi connectivity index (χ4n) is 4.65. The van der Waals surface area contributed by atoms with Gasteiger partial charge in [0, 0.05) is 55.4 Å². The van der Waals surface area contributed by atoms with Gasteiger partial charge in [0.2, 0.25) is 5.95 Å². The van der Waals surface area contributed by atoms with Crippen molar-refractivity contribution >= 4 is 34.3 Å². The lowest BCUT2D eigenvalue weighted by atomic mass is 10.1. The van der Waals surface area contributed by atoms with Gasteiger partial charge in [0.05, 0.1) is 19.5 Å². The number of rotatable bonds is 5. The number of nitrogens with zero attached hydrogens (tertiary/aromatic N) is 6. The Morgan fingerprint density at radius 2 is 1.71 bits per heavy atom. The number of nitrogens with one attached hydrogen (secondary N) is 2. The largest absolute Gasteiger partial charge is 0.378 e. The molecule has 10 nitrogen and oxygen atoms in total. The molecule has 0 amide bonds. The highest BCUT2D eigenvalue weighted by atomic mass is 16.5. The van der Waals surface area contributed by atoms with Gasteiger partial charge in [0.15, 0.2) is 5.65 Å². The molecule has 0 bridgehead atoms. The molecule has 4 aromatic rings. The number of piperidine rings is 1. The minimum Gasteiger partial charge on any atom is -0.378 e. The van der Waals surface area contributed by atoms with Crippen LogP contribution in [0, 0.1) is 0 Å². The van der Waals surface area contributed by atoms with Crippen molar-refractivity contribution in [1.29, 1.82) is 0 Å². The maximum absolute atomic E-state index is 6.05. The number of H-pyrrole nitrogens is 1. The predicted molar refractivity (Wildman–Crippen MR) is 137 cm³/mol. The molecule has 0 aliphatic carbocycles. The van der Waals surface area contributed by atoms with E-state index in [1.807, 2.05) is 24.4 Å². The highest BCUT2D eigenvalue weighted by Gasteiger charge is 2.18. The van der Waals surface area contributed by atoms with Crippen LogP contribution in [0.4, 0.5) is 23.1 Å². The van der Waals surface area contributed by atoms with Gasteiger partial charge >= 0.3 is 0 Å². The van der Waals surface area contributed by atoms with E-state index in [1.165, 1.54) is 5.69 Å². The van der Waals surface area contributed by atoms with E-state index in [2.05, 4.69) is 48.3 Å². The van der Waals surface area contributed by atoms with E-state index in [9.17, 15) is 0 Å². The number of morpholine rings is 1. The molecule has 0 spiro atoms. The lowest BCUT2D eigenvalue weighted by Gasteiger charge is -2.31. The number of hydrogen-bond acceptors (Lipinski definition) is 9. The molecule has 6 rings (SSSR count). The molecule has 3 aromatic heterocycles. The van der Waals surface area contributed by atoms with E-state index in [-0.39, 0.29) is 0 Å². The monoisotopic (exact) mass is 471 g/mol. The summed E-state index contributed by atoms with van der Waals surface area (Å²) in [5.41, 5.74) is 11.2. The molecule has 2 saturated heterocycles. The van der Waals surface area contributed by atoms with Crippen LogP contribution in [0.1, 0.15) is 12.8 Å². The zero-order valence-electron chi connectivity index (χ0n) is 19.5. The van der Waals surface area contributed by atoms with Gasteiger partial charge in [-0.2, -0.15) is 4.98 Å². The minimum atomic E-state index is 0.293. The smallest absolute Gasteiger partial charge is 0.229 e. The van der Waals surface area contributed by atoms with Gasteiger partial charge in [-0.3, -0.25) is 0 Å². The summed E-state index contributed by atoms with van der Waals surface area (Å²) in [5, 5.41) is 3.33. The number of anilines is 4. The molecular weight excluding hydrogens is 442 g/mol. The summed E-state index contributed by atoms with van der Waals surface area (Å²) >= 11 is 0. The first-order valence-electron chi connectivity index (χ1n) is 12.1. The standard InChI is InChI=1S/C25H29N9O/c26-18-7-9-34(10-8-18)21-6-1-17(15-27-21)22-23-24(29-16-28-23)32-25(31-22)30-19-2-4-20(5-3-19)33-11-13-35-14-12-33/h1-6,15-16,18H,7-14,26H2,(H2,28,29,30,31,32). The van der Waals surface area contributed by atoms with Crippen LogP contribution in [0.2, 0.25) is 0 Å². The van der Waals surface area contributed by atoms with Crippen molar-refractivity contribution in [3.8, 4) is 11.3 Å². The molecule has 5 heterocycles. The fourth-order valence-corrected chi connectivity index (χ4v) is 4.65. The second-order valence-electron chi connectivity index (χ2n) is 9.00. The van der Waals surface area contributed by atoms with Crippen LogP contribution in [-0.4, -0.2) is 70.4 Å². The van der Waals surface area contributed by atoms with Crippen LogP contribution in [0.5, 0.6) is 0 Å². The van der Waals surface area contributed by atoms with Gasteiger partial charge in [0.25, 0.3) is 0 Å². The summed E-state index contributed by atoms with van der Waals surface area (Å²) in [7, 11) is 0. The first-order chi connectivity index (χ1) is 17.2. The maximum Gasteiger partial charge on any atom is 0.229 e. The van der Waals surface area contributed by atoms with Gasteiger partial charge in [-0.05, 0) is 49.2 Å². The van der Waals surface area contributed by atoms with Crippen molar-refractivity contribution in [3.05, 3.63) is 48.9 Å². The van der Waals surface area contributed by atoms with Crippen LogP contribution in [0.15, 0.2) is 48.9 Å². The number of imidazole rings is 1. The van der Waals surface area contributed by atoms with Gasteiger partial charge in [-0.15, -0.1) is 0 Å². The summed E-state index contributed by atoms with van der Waals surface area (Å²) in [5.74, 6) is 1.46. The van der Waals surface area contributed by atoms with Crippen molar-refractivity contribution in [1.82, 2.24) is 24.9 Å². The molecule has 0 saturated carbocycles. The Labute approximate surface area is 203 Å². The van der Waals surface area contributed by atoms with E-state index in [1.54, 1.807) is 6.33 Å². The van der Waals surface area contributed by atoms with E-state index in [4.69, 9.17) is 20.4 Å². The normalized spacial score (nSPS) is 17.2. The molecule has 2 aliphatic heterocycles. The van der Waals surface area contributed by atoms with Gasteiger partial charge in [-0.25, -0.2) is 15.0 Å². The average molecular weight is 472 g/mol. The molecule has 2 fully saturated rings. The number of aromatic nitrogens is 5. The topological polar surface area (TPSA) is 121 Å². The average Bonchev–Trinajstić information content (AvgIpc) is 3.39. The molecule has 2 aliphatic rings. The number of benzene rings is 1. The molecule has 10 heteroatoms. The van der Waals surface area contributed by atoms with E-state index in [0.717, 1.165) is 80.5 Å². The second kappa shape index (κ2) is 9.47. The molecule has 4 N–H and O–H groups in total. The molecule has 1 aromatic carbocycles. The Balaban J connectivity index is 1.24. The van der Waals surface area contributed by atoms with Crippen molar-refractivity contribution in [2.45, 2.75) is 18.9 Å². The van der Waals surface area contributed by atoms with E-state index >= 15 is 0 Å². The Morgan fingerprint density at radius 3 is 2.46 bits per heavy atom. The van der Waals surface area contributed by atoms with Crippen LogP contribution in [0.3, 0.4) is 0 Å². The van der Waals surface area contributed by atoms with Gasteiger partial charge < -0.3 is 30.6 Å². The van der Waals surface area contributed by atoms with Gasteiger partial charge in [0.1, 0.15) is 17.0 Å². The quantitative estimate of drug-likeness (QED) is 0.403. The number of hydrogen-bond donors (Lipinski definition) is 3. The second-order valence-corrected chi connectivity index (χ2v) is 9.00. The number of pyridine rings is 1. The first kappa shape index (κ1) is 21.8. The van der Waals surface area contributed by atoms with Crippen molar-refractivity contribution in [2.75, 3.05) is 54.5 Å². The van der Waals surface area contributed by atoms with Crippen LogP contribution < -0.4 is 20.9 Å². The summed E-state index contributed by atoms with van der Waals surface area (Å²) in [4.78, 5) is 26.3. The highest BCUT2D eigenvalue weighted by Crippen LogP contribution is 2.28. The third kappa shape index (κ3) is 4.62. The fraction of sp³-hybridized carbons (Fsp3) is 0.360. The summed E-state index contributed by atoms with van der Waals surface area (Å²) in [6.07, 6.45) is 5.50. The molecule has 0 radical (unpaired) electrons. The predicted octanol–water partition coefficient (Wildman–Crippen LogP) is 2.92. The Bertz CT molecular complexity index is 1270. The van der Waals surface area contributed by atoms with E-state index < -0.39 is 0 Å². The Kier molecular flexibility index (Phi) is 5.89. The number of ether oxygens (including phenoxy) is 1. The van der Waals surface area contributed by atoms with Crippen molar-refractivity contribution < 1.29 is 4.74 Å². The Morgan fingerprint density at radius 1 is 0.914 bits per heavy atom. The number of nitrogens with two attached hydrogens (primary N) is 1. The van der Waals surface area contributed by atoms with Crippen molar-refractivity contribution in [2.24, 2.45) is 5.73 Å². The highest BCUT2D eigenvalue weighted by molar-refractivity contribution is 5.88. The maximum atomic E-state index is 6.05. The summed E-state index contributed by atoms with van der Waals surface area (Å²) in [6, 6.07) is 12.7. The summed E-state index contributed by atoms with van der Waals surface area (Å²) in [6.45, 7) is 5.22. The molecular formula is C25H29N9O.